The molecular formula is C24H29N5S. The summed E-state index contributed by atoms with van der Waals surface area (Å²) in [5, 5.41) is 7.89. The number of aromatic nitrogens is 4. The maximum atomic E-state index is 4.37. The molecule has 2 N–H and O–H groups in total. The van der Waals surface area contributed by atoms with Gasteiger partial charge in [0, 0.05) is 16.6 Å². The average Bonchev–Trinajstić information content (AvgIpc) is 3.40. The Morgan fingerprint density at radius 1 is 1.20 bits per heavy atom. The van der Waals surface area contributed by atoms with E-state index in [2.05, 4.69) is 59.5 Å². The van der Waals surface area contributed by atoms with Crippen LogP contribution in [-0.4, -0.2) is 32.7 Å². The first kappa shape index (κ1) is 18.6. The molecule has 0 aromatic carbocycles. The van der Waals surface area contributed by atoms with Crippen molar-refractivity contribution in [3.63, 3.8) is 0 Å². The summed E-state index contributed by atoms with van der Waals surface area (Å²) in [7, 11) is 0. The van der Waals surface area contributed by atoms with Crippen LogP contribution < -0.4 is 5.32 Å². The minimum atomic E-state index is 0.462. The van der Waals surface area contributed by atoms with Crippen molar-refractivity contribution in [3.05, 3.63) is 40.7 Å². The molecule has 1 saturated carbocycles. The molecule has 4 aromatic heterocycles. The maximum absolute atomic E-state index is 4.37. The first-order valence-electron chi connectivity index (χ1n) is 11.2. The molecule has 1 aliphatic heterocycles. The van der Waals surface area contributed by atoms with Gasteiger partial charge in [0.25, 0.3) is 0 Å². The van der Waals surface area contributed by atoms with Crippen molar-refractivity contribution in [2.24, 2.45) is 5.41 Å². The van der Waals surface area contributed by atoms with Crippen LogP contribution in [0.1, 0.15) is 67.4 Å². The third kappa shape index (κ3) is 2.77. The van der Waals surface area contributed by atoms with E-state index in [4.69, 9.17) is 0 Å². The van der Waals surface area contributed by atoms with Gasteiger partial charge < -0.3 is 10.3 Å². The van der Waals surface area contributed by atoms with E-state index in [9.17, 15) is 0 Å². The third-order valence-corrected chi connectivity index (χ3v) is 8.71. The molecule has 30 heavy (non-hydrogen) atoms. The molecule has 6 heteroatoms. The quantitative estimate of drug-likeness (QED) is 0.453. The molecule has 2 fully saturated rings. The van der Waals surface area contributed by atoms with Crippen molar-refractivity contribution in [2.75, 3.05) is 13.1 Å². The largest absolute Gasteiger partial charge is 0.354 e. The van der Waals surface area contributed by atoms with Crippen LogP contribution in [0.4, 0.5) is 0 Å². The first-order chi connectivity index (χ1) is 14.5. The van der Waals surface area contributed by atoms with E-state index in [1.54, 1.807) is 11.2 Å². The second kappa shape index (κ2) is 6.66. The van der Waals surface area contributed by atoms with Crippen molar-refractivity contribution in [3.8, 4) is 11.3 Å². The Balaban J connectivity index is 1.38. The number of piperidine rings is 1. The molecule has 1 saturated heterocycles. The fraction of sp³-hybridized carbons (Fsp3) is 0.500. The highest BCUT2D eigenvalue weighted by atomic mass is 32.1. The Morgan fingerprint density at radius 2 is 2.00 bits per heavy atom. The molecular weight excluding hydrogens is 390 g/mol. The zero-order valence-electron chi connectivity index (χ0n) is 18.0. The Bertz CT molecular complexity index is 1230. The van der Waals surface area contributed by atoms with Crippen LogP contribution in [0.25, 0.3) is 27.1 Å². The molecule has 5 heterocycles. The van der Waals surface area contributed by atoms with Crippen LogP contribution in [0, 0.1) is 12.3 Å². The molecule has 156 valence electrons. The summed E-state index contributed by atoms with van der Waals surface area (Å²) in [4.78, 5) is 9.73. The molecule has 5 nitrogen and oxygen atoms in total. The number of hydrogen-bond donors (Lipinski definition) is 2. The summed E-state index contributed by atoms with van der Waals surface area (Å²) in [6.45, 7) is 9.13. The molecule has 0 unspecified atom stereocenters. The van der Waals surface area contributed by atoms with Gasteiger partial charge in [-0.05, 0) is 86.2 Å². The fourth-order valence-corrected chi connectivity index (χ4v) is 7.19. The number of nitrogens with one attached hydrogen (secondary N) is 2. The lowest BCUT2D eigenvalue weighted by molar-refractivity contribution is 0.0618. The SMILES string of the molecule is Cc1cc(-c2[nH]c3cc(C4CC5(CCNCC5)C4)sc3c2C(C)C)cn2ncnc12. The summed E-state index contributed by atoms with van der Waals surface area (Å²) >= 11 is 2.03. The van der Waals surface area contributed by atoms with Gasteiger partial charge in [-0.3, -0.25) is 0 Å². The lowest BCUT2D eigenvalue weighted by Gasteiger charge is -2.50. The van der Waals surface area contributed by atoms with Gasteiger partial charge in [-0.15, -0.1) is 11.3 Å². The maximum Gasteiger partial charge on any atom is 0.158 e. The lowest BCUT2D eigenvalue weighted by Crippen LogP contribution is -2.44. The smallest absolute Gasteiger partial charge is 0.158 e. The monoisotopic (exact) mass is 419 g/mol. The van der Waals surface area contributed by atoms with Gasteiger partial charge in [0.15, 0.2) is 5.65 Å². The zero-order chi connectivity index (χ0) is 20.5. The van der Waals surface area contributed by atoms with E-state index >= 15 is 0 Å². The third-order valence-electron chi connectivity index (χ3n) is 7.38. The van der Waals surface area contributed by atoms with Gasteiger partial charge in [0.2, 0.25) is 0 Å². The molecule has 2 aliphatic rings. The van der Waals surface area contributed by atoms with Crippen LogP contribution in [0.15, 0.2) is 24.7 Å². The van der Waals surface area contributed by atoms with E-state index in [1.807, 2.05) is 15.9 Å². The van der Waals surface area contributed by atoms with Gasteiger partial charge >= 0.3 is 0 Å². The lowest BCUT2D eigenvalue weighted by atomic mass is 9.57. The molecule has 0 radical (unpaired) electrons. The molecule has 1 spiro atoms. The van der Waals surface area contributed by atoms with Crippen LogP contribution in [0.5, 0.6) is 0 Å². The van der Waals surface area contributed by atoms with Crippen molar-refractivity contribution in [1.82, 2.24) is 24.9 Å². The summed E-state index contributed by atoms with van der Waals surface area (Å²) in [5.74, 6) is 1.22. The number of pyridine rings is 1. The second-order valence-corrected chi connectivity index (χ2v) is 10.8. The second-order valence-electron chi connectivity index (χ2n) is 9.76. The number of thiophene rings is 1. The predicted octanol–water partition coefficient (Wildman–Crippen LogP) is 5.62. The van der Waals surface area contributed by atoms with Crippen molar-refractivity contribution in [1.29, 1.82) is 0 Å². The topological polar surface area (TPSA) is 58.0 Å². The standard InChI is InChI=1S/C24H29N5S/c1-14(2)20-21(16-8-15(3)23-26-13-27-29(23)12-16)28-18-9-19(30-22(18)20)17-10-24(11-17)4-6-25-7-5-24/h8-9,12-14,17,25,28H,4-7,10-11H2,1-3H3. The van der Waals surface area contributed by atoms with E-state index in [-0.39, 0.29) is 0 Å². The Morgan fingerprint density at radius 3 is 2.77 bits per heavy atom. The summed E-state index contributed by atoms with van der Waals surface area (Å²) in [5.41, 5.74) is 7.88. The summed E-state index contributed by atoms with van der Waals surface area (Å²) < 4.78 is 3.33. The van der Waals surface area contributed by atoms with Crippen LogP contribution in [-0.2, 0) is 0 Å². The van der Waals surface area contributed by atoms with Gasteiger partial charge in [0.1, 0.15) is 6.33 Å². The number of hydrogen-bond acceptors (Lipinski definition) is 4. The first-order valence-corrected chi connectivity index (χ1v) is 12.0. The number of rotatable bonds is 3. The highest BCUT2D eigenvalue weighted by molar-refractivity contribution is 7.19. The summed E-state index contributed by atoms with van der Waals surface area (Å²) in [6.07, 6.45) is 9.21. The molecule has 6 rings (SSSR count). The molecule has 0 amide bonds. The number of fused-ring (bicyclic) bond motifs is 2. The van der Waals surface area contributed by atoms with Gasteiger partial charge in [-0.1, -0.05) is 13.8 Å². The van der Waals surface area contributed by atoms with Gasteiger partial charge in [0.05, 0.1) is 15.9 Å². The highest BCUT2D eigenvalue weighted by Gasteiger charge is 2.45. The number of H-pyrrole nitrogens is 1. The van der Waals surface area contributed by atoms with Crippen molar-refractivity contribution < 1.29 is 0 Å². The predicted molar refractivity (Wildman–Crippen MR) is 123 cm³/mol. The molecule has 4 aromatic rings. The normalized spacial score (nSPS) is 19.3. The molecule has 0 bridgehead atoms. The number of aromatic amines is 1. The Labute approximate surface area is 180 Å². The van der Waals surface area contributed by atoms with Crippen LogP contribution >= 0.6 is 11.3 Å². The zero-order valence-corrected chi connectivity index (χ0v) is 18.8. The number of nitrogens with zero attached hydrogens (tertiary/aromatic N) is 3. The van der Waals surface area contributed by atoms with E-state index < -0.39 is 0 Å². The van der Waals surface area contributed by atoms with Crippen molar-refractivity contribution in [2.45, 2.75) is 58.3 Å². The van der Waals surface area contributed by atoms with E-state index in [1.165, 1.54) is 65.8 Å². The Kier molecular flexibility index (Phi) is 4.12. The van der Waals surface area contributed by atoms with Gasteiger partial charge in [-0.2, -0.15) is 5.10 Å². The van der Waals surface area contributed by atoms with E-state index in [0.717, 1.165) is 17.1 Å². The Hall–Kier alpha value is -2.18. The molecule has 1 aliphatic carbocycles. The fourth-order valence-electron chi connectivity index (χ4n) is 5.78. The van der Waals surface area contributed by atoms with Crippen LogP contribution in [0.2, 0.25) is 0 Å². The summed E-state index contributed by atoms with van der Waals surface area (Å²) in [6, 6.07) is 4.67. The van der Waals surface area contributed by atoms with E-state index in [0.29, 0.717) is 11.3 Å². The average molecular weight is 420 g/mol. The van der Waals surface area contributed by atoms with Gasteiger partial charge in [-0.25, -0.2) is 9.50 Å². The minimum Gasteiger partial charge on any atom is -0.354 e. The molecule has 0 atom stereocenters. The highest BCUT2D eigenvalue weighted by Crippen LogP contribution is 2.57. The van der Waals surface area contributed by atoms with Crippen molar-refractivity contribution >= 4 is 27.2 Å². The number of aryl methyl sites for hydroxylation is 1. The minimum absolute atomic E-state index is 0.462. The van der Waals surface area contributed by atoms with Crippen LogP contribution in [0.3, 0.4) is 0 Å².